The number of furan rings is 1. The largest absolute Gasteiger partial charge is 0.455 e. The highest BCUT2D eigenvalue weighted by molar-refractivity contribution is 6.12. The maximum absolute atomic E-state index is 6.75. The van der Waals surface area contributed by atoms with Crippen molar-refractivity contribution in [2.45, 2.75) is 11.3 Å². The molecule has 47 heavy (non-hydrogen) atoms. The Bertz CT molecular complexity index is 2620. The molecule has 0 radical (unpaired) electrons. The van der Waals surface area contributed by atoms with E-state index in [1.165, 1.54) is 49.9 Å². The molecule has 0 fully saturated rings. The minimum Gasteiger partial charge on any atom is -0.455 e. The maximum atomic E-state index is 6.75. The molecular weight excluding hydrogens is 572 g/mol. The van der Waals surface area contributed by atoms with Crippen LogP contribution in [0.15, 0.2) is 156 Å². The summed E-state index contributed by atoms with van der Waals surface area (Å²) in [6, 6.07) is 48.2. The Morgan fingerprint density at radius 2 is 1.49 bits per heavy atom. The van der Waals surface area contributed by atoms with Gasteiger partial charge in [-0.2, -0.15) is 0 Å². The van der Waals surface area contributed by atoms with Crippen LogP contribution in [0.25, 0.3) is 61.1 Å². The quantitative estimate of drug-likeness (QED) is 0.214. The fourth-order valence-corrected chi connectivity index (χ4v) is 9.02. The summed E-state index contributed by atoms with van der Waals surface area (Å²) >= 11 is 0. The molecule has 220 valence electrons. The van der Waals surface area contributed by atoms with E-state index in [-0.39, 0.29) is 11.8 Å². The molecule has 1 N–H and O–H groups in total. The molecule has 1 spiro atoms. The van der Waals surface area contributed by atoms with Crippen molar-refractivity contribution in [2.75, 3.05) is 0 Å². The molecule has 0 saturated carbocycles. The van der Waals surface area contributed by atoms with E-state index in [9.17, 15) is 0 Å². The molecule has 3 heteroatoms. The van der Waals surface area contributed by atoms with Crippen LogP contribution in [0.1, 0.15) is 33.7 Å². The van der Waals surface area contributed by atoms with Crippen molar-refractivity contribution in [3.8, 4) is 22.5 Å². The highest BCUT2D eigenvalue weighted by atomic mass is 16.3. The lowest BCUT2D eigenvalue weighted by molar-refractivity contribution is 0.467. The molecule has 6 aromatic carbocycles. The lowest BCUT2D eigenvalue weighted by Crippen LogP contribution is -2.33. The summed E-state index contributed by atoms with van der Waals surface area (Å²) in [6.07, 6.45) is 7.33. The van der Waals surface area contributed by atoms with E-state index < -0.39 is 5.41 Å². The number of nitrogens with zero attached hydrogens (tertiary/aromatic N) is 1. The average molecular weight is 601 g/mol. The molecular formula is C44H28N2O. The number of rotatable bonds is 2. The Kier molecular flexibility index (Phi) is 4.89. The van der Waals surface area contributed by atoms with Crippen molar-refractivity contribution in [1.82, 2.24) is 9.97 Å². The van der Waals surface area contributed by atoms with Gasteiger partial charge in [-0.05, 0) is 63.2 Å². The van der Waals surface area contributed by atoms with Crippen molar-refractivity contribution in [2.24, 2.45) is 5.92 Å². The van der Waals surface area contributed by atoms with Crippen molar-refractivity contribution < 1.29 is 4.42 Å². The summed E-state index contributed by atoms with van der Waals surface area (Å²) in [5.41, 5.74) is 15.0. The van der Waals surface area contributed by atoms with Crippen LogP contribution in [0.2, 0.25) is 0 Å². The minimum absolute atomic E-state index is 0.174. The zero-order valence-electron chi connectivity index (χ0n) is 25.4. The Labute approximate surface area is 271 Å². The van der Waals surface area contributed by atoms with Gasteiger partial charge in [-0.15, -0.1) is 0 Å². The number of aromatic amines is 1. The van der Waals surface area contributed by atoms with Gasteiger partial charge in [0, 0.05) is 33.7 Å². The van der Waals surface area contributed by atoms with Crippen molar-refractivity contribution in [1.29, 1.82) is 0 Å². The van der Waals surface area contributed by atoms with E-state index in [2.05, 4.69) is 151 Å². The summed E-state index contributed by atoms with van der Waals surface area (Å²) in [6.45, 7) is 0. The highest BCUT2D eigenvalue weighted by Gasteiger charge is 2.58. The van der Waals surface area contributed by atoms with Crippen molar-refractivity contribution in [3.05, 3.63) is 180 Å². The van der Waals surface area contributed by atoms with Gasteiger partial charge >= 0.3 is 0 Å². The van der Waals surface area contributed by atoms with E-state index in [4.69, 9.17) is 9.40 Å². The van der Waals surface area contributed by atoms with E-state index >= 15 is 0 Å². The summed E-state index contributed by atoms with van der Waals surface area (Å²) in [5.74, 6) is 1.30. The number of hydrogen-bond acceptors (Lipinski definition) is 2. The van der Waals surface area contributed by atoms with Gasteiger partial charge < -0.3 is 9.40 Å². The topological polar surface area (TPSA) is 41.8 Å². The van der Waals surface area contributed by atoms with Gasteiger partial charge in [0.2, 0.25) is 0 Å². The fourth-order valence-electron chi connectivity index (χ4n) is 9.02. The number of nitrogens with one attached hydrogen (secondary N) is 1. The summed E-state index contributed by atoms with van der Waals surface area (Å²) in [5, 5.41) is 2.33. The smallest absolute Gasteiger partial charge is 0.143 e. The molecule has 0 aliphatic heterocycles. The summed E-state index contributed by atoms with van der Waals surface area (Å²) < 4.78 is 6.75. The molecule has 2 heterocycles. The molecule has 3 nitrogen and oxygen atoms in total. The zero-order chi connectivity index (χ0) is 30.7. The Morgan fingerprint density at radius 1 is 0.660 bits per heavy atom. The Hall–Kier alpha value is -5.93. The average Bonchev–Trinajstić information content (AvgIpc) is 3.88. The van der Waals surface area contributed by atoms with Gasteiger partial charge in [0.25, 0.3) is 0 Å². The van der Waals surface area contributed by atoms with Crippen LogP contribution in [0.3, 0.4) is 0 Å². The summed E-state index contributed by atoms with van der Waals surface area (Å²) in [4.78, 5) is 8.62. The molecule has 3 aliphatic rings. The Morgan fingerprint density at radius 3 is 2.43 bits per heavy atom. The second-order valence-electron chi connectivity index (χ2n) is 13.1. The molecule has 3 unspecified atom stereocenters. The zero-order valence-corrected chi connectivity index (χ0v) is 25.4. The first-order chi connectivity index (χ1) is 23.3. The second kappa shape index (κ2) is 9.08. The van der Waals surface area contributed by atoms with Crippen molar-refractivity contribution >= 4 is 38.5 Å². The number of para-hydroxylation sites is 3. The first-order valence-corrected chi connectivity index (χ1v) is 16.4. The SMILES string of the molecule is C1=CC2c3ccc(-c4nc5ccccc5[nH]4)cc3C3(c4ccccc4-c4c3ccc3c4oc4ccccc43)C2C=C1c1ccccc1. The van der Waals surface area contributed by atoms with Gasteiger partial charge in [-0.3, -0.25) is 0 Å². The molecule has 8 aromatic rings. The van der Waals surface area contributed by atoms with Gasteiger partial charge in [-0.25, -0.2) is 4.98 Å². The predicted octanol–water partition coefficient (Wildman–Crippen LogP) is 10.8. The fraction of sp³-hybridized carbons (Fsp3) is 0.0682. The van der Waals surface area contributed by atoms with Crippen LogP contribution in [0, 0.1) is 5.92 Å². The third kappa shape index (κ3) is 3.23. The molecule has 3 aliphatic carbocycles. The standard InChI is InChI=1S/C44H28N2O/c1-2-10-26(11-3-1)27-18-20-29-30-21-19-28(43-45-38-15-7-8-16-39(38)46-43)25-37(30)44(36(29)24-27)34-14-6-4-13-33(34)41-35(44)23-22-32-31-12-5-9-17-40(31)47-42(32)41/h1-25,29,36H,(H,45,46). The van der Waals surface area contributed by atoms with E-state index in [1.807, 2.05) is 6.07 Å². The molecule has 0 saturated heterocycles. The first kappa shape index (κ1) is 25.3. The van der Waals surface area contributed by atoms with Crippen LogP contribution in [0.5, 0.6) is 0 Å². The van der Waals surface area contributed by atoms with Crippen LogP contribution < -0.4 is 0 Å². The number of H-pyrrole nitrogens is 1. The number of benzene rings is 6. The Balaban J connectivity index is 1.24. The monoisotopic (exact) mass is 600 g/mol. The van der Waals surface area contributed by atoms with Crippen LogP contribution in [0.4, 0.5) is 0 Å². The normalized spacial score (nSPS) is 20.5. The van der Waals surface area contributed by atoms with E-state index in [0.29, 0.717) is 0 Å². The minimum atomic E-state index is -0.411. The highest BCUT2D eigenvalue weighted by Crippen LogP contribution is 2.67. The lowest BCUT2D eigenvalue weighted by Gasteiger charge is -2.37. The van der Waals surface area contributed by atoms with E-state index in [1.54, 1.807) is 0 Å². The van der Waals surface area contributed by atoms with Gasteiger partial charge in [0.1, 0.15) is 17.0 Å². The molecule has 0 bridgehead atoms. The number of imidazole rings is 1. The first-order valence-electron chi connectivity index (χ1n) is 16.4. The number of fused-ring (bicyclic) bond motifs is 15. The molecule has 0 amide bonds. The molecule has 3 atom stereocenters. The number of aromatic nitrogens is 2. The third-order valence-electron chi connectivity index (χ3n) is 10.9. The summed E-state index contributed by atoms with van der Waals surface area (Å²) in [7, 11) is 0. The number of hydrogen-bond donors (Lipinski definition) is 1. The van der Waals surface area contributed by atoms with Gasteiger partial charge in [0.05, 0.1) is 16.4 Å². The van der Waals surface area contributed by atoms with Crippen LogP contribution >= 0.6 is 0 Å². The third-order valence-corrected chi connectivity index (χ3v) is 10.9. The van der Waals surface area contributed by atoms with Crippen molar-refractivity contribution in [3.63, 3.8) is 0 Å². The number of allylic oxidation sites excluding steroid dienone is 4. The van der Waals surface area contributed by atoms with Crippen LogP contribution in [-0.2, 0) is 5.41 Å². The van der Waals surface area contributed by atoms with Crippen LogP contribution in [-0.4, -0.2) is 9.97 Å². The maximum Gasteiger partial charge on any atom is 0.143 e. The molecule has 11 rings (SSSR count). The van der Waals surface area contributed by atoms with Gasteiger partial charge in [-0.1, -0.05) is 127 Å². The van der Waals surface area contributed by atoms with Gasteiger partial charge in [0.15, 0.2) is 0 Å². The predicted molar refractivity (Wildman–Crippen MR) is 190 cm³/mol. The lowest BCUT2D eigenvalue weighted by atomic mass is 9.64. The molecule has 2 aromatic heterocycles. The van der Waals surface area contributed by atoms with E-state index in [0.717, 1.165) is 39.0 Å². The second-order valence-corrected chi connectivity index (χ2v) is 13.1.